The number of hydrogen-bond donors (Lipinski definition) is 2. The van der Waals surface area contributed by atoms with Gasteiger partial charge >= 0.3 is 0 Å². The second kappa shape index (κ2) is 7.97. The van der Waals surface area contributed by atoms with Crippen molar-refractivity contribution in [1.29, 1.82) is 0 Å². The summed E-state index contributed by atoms with van der Waals surface area (Å²) in [4.78, 5) is 25.2. The van der Waals surface area contributed by atoms with Gasteiger partial charge in [-0.3, -0.25) is 9.59 Å². The number of rotatable bonds is 5. The lowest BCUT2D eigenvalue weighted by molar-refractivity contribution is -0.118. The van der Waals surface area contributed by atoms with Gasteiger partial charge in [-0.25, -0.2) is 0 Å². The summed E-state index contributed by atoms with van der Waals surface area (Å²) in [5.74, 6) is -0.474. The van der Waals surface area contributed by atoms with E-state index in [0.29, 0.717) is 5.56 Å². The van der Waals surface area contributed by atoms with Gasteiger partial charge in [-0.15, -0.1) is 0 Å². The van der Waals surface area contributed by atoms with E-state index in [0.717, 1.165) is 22.4 Å². The number of benzene rings is 2. The highest BCUT2D eigenvalue weighted by Gasteiger charge is 2.25. The molecule has 0 heterocycles. The first-order chi connectivity index (χ1) is 11.8. The number of anilines is 1. The Balaban J connectivity index is 2.14. The summed E-state index contributed by atoms with van der Waals surface area (Å²) in [6, 6.07) is 12.5. The summed E-state index contributed by atoms with van der Waals surface area (Å²) in [7, 11) is 0. The van der Waals surface area contributed by atoms with E-state index in [9.17, 15) is 9.59 Å². The fourth-order valence-corrected chi connectivity index (χ4v) is 2.56. The molecule has 2 aromatic carbocycles. The van der Waals surface area contributed by atoms with Gasteiger partial charge in [0.1, 0.15) is 6.04 Å². The van der Waals surface area contributed by atoms with Gasteiger partial charge in [0.2, 0.25) is 5.91 Å². The molecule has 2 N–H and O–H groups in total. The molecule has 1 unspecified atom stereocenters. The topological polar surface area (TPSA) is 58.2 Å². The highest BCUT2D eigenvalue weighted by Crippen LogP contribution is 2.19. The number of aryl methyl sites for hydroxylation is 2. The zero-order chi connectivity index (χ0) is 18.6. The van der Waals surface area contributed by atoms with E-state index in [1.165, 1.54) is 0 Å². The minimum atomic E-state index is -0.603. The maximum Gasteiger partial charge on any atom is 0.251 e. The van der Waals surface area contributed by atoms with E-state index >= 15 is 0 Å². The Morgan fingerprint density at radius 3 is 2.16 bits per heavy atom. The van der Waals surface area contributed by atoms with Gasteiger partial charge in [0, 0.05) is 11.3 Å². The fraction of sp³-hybridized carbons (Fsp3) is 0.333. The second-order valence-electron chi connectivity index (χ2n) is 6.80. The van der Waals surface area contributed by atoms with Crippen molar-refractivity contribution >= 4 is 17.5 Å². The van der Waals surface area contributed by atoms with Crippen LogP contribution in [0.4, 0.5) is 5.69 Å². The summed E-state index contributed by atoms with van der Waals surface area (Å²) in [6.45, 7) is 9.78. The molecular formula is C21H26N2O2. The van der Waals surface area contributed by atoms with Gasteiger partial charge in [-0.05, 0) is 56.0 Å². The van der Waals surface area contributed by atoms with Crippen molar-refractivity contribution in [3.63, 3.8) is 0 Å². The van der Waals surface area contributed by atoms with Crippen LogP contribution < -0.4 is 10.6 Å². The molecule has 2 rings (SSSR count). The number of carbonyl (C=O) groups excluding carboxylic acids is 2. The predicted octanol–water partition coefficient (Wildman–Crippen LogP) is 4.00. The van der Waals surface area contributed by atoms with Crippen LogP contribution in [-0.2, 0) is 4.79 Å². The summed E-state index contributed by atoms with van der Waals surface area (Å²) in [5.41, 5.74) is 4.56. The lowest BCUT2D eigenvalue weighted by atomic mass is 10.0. The Morgan fingerprint density at radius 1 is 0.920 bits per heavy atom. The van der Waals surface area contributed by atoms with Gasteiger partial charge in [-0.2, -0.15) is 0 Å². The molecule has 0 saturated heterocycles. The van der Waals surface area contributed by atoms with Crippen LogP contribution in [0.5, 0.6) is 0 Å². The average Bonchev–Trinajstić information content (AvgIpc) is 2.56. The molecule has 0 bridgehead atoms. The molecule has 132 valence electrons. The molecule has 4 nitrogen and oxygen atoms in total. The number of nitrogens with one attached hydrogen (secondary N) is 2. The number of amides is 2. The molecule has 0 aliphatic carbocycles. The SMILES string of the molecule is Cc1ccc(C(=O)NC(C(=O)Nc2cccc(C)c2C)C(C)C)cc1. The number of hydrogen-bond acceptors (Lipinski definition) is 2. The van der Waals surface area contributed by atoms with E-state index in [1.54, 1.807) is 12.1 Å². The lowest BCUT2D eigenvalue weighted by Gasteiger charge is -2.22. The van der Waals surface area contributed by atoms with Gasteiger partial charge in [0.05, 0.1) is 0 Å². The van der Waals surface area contributed by atoms with Crippen LogP contribution >= 0.6 is 0 Å². The maximum atomic E-state index is 12.7. The molecule has 0 radical (unpaired) electrons. The van der Waals surface area contributed by atoms with Crippen LogP contribution in [0.2, 0.25) is 0 Å². The minimum Gasteiger partial charge on any atom is -0.340 e. The van der Waals surface area contributed by atoms with Gasteiger partial charge < -0.3 is 10.6 Å². The summed E-state index contributed by atoms with van der Waals surface area (Å²) in [5, 5.41) is 5.80. The zero-order valence-electron chi connectivity index (χ0n) is 15.5. The Bertz CT molecular complexity index is 764. The quantitative estimate of drug-likeness (QED) is 0.865. The maximum absolute atomic E-state index is 12.7. The van der Waals surface area contributed by atoms with Gasteiger partial charge in [0.25, 0.3) is 5.91 Å². The third-order valence-electron chi connectivity index (χ3n) is 4.41. The highest BCUT2D eigenvalue weighted by molar-refractivity contribution is 6.01. The Labute approximate surface area is 149 Å². The molecule has 0 aromatic heterocycles. The summed E-state index contributed by atoms with van der Waals surface area (Å²) >= 11 is 0. The zero-order valence-corrected chi connectivity index (χ0v) is 15.5. The minimum absolute atomic E-state index is 0.0282. The van der Waals surface area contributed by atoms with E-state index in [4.69, 9.17) is 0 Å². The van der Waals surface area contributed by atoms with E-state index in [2.05, 4.69) is 10.6 Å². The molecule has 25 heavy (non-hydrogen) atoms. The molecule has 4 heteroatoms. The molecule has 0 fully saturated rings. The van der Waals surface area contributed by atoms with Crippen molar-refractivity contribution < 1.29 is 9.59 Å². The molecule has 1 atom stereocenters. The molecular weight excluding hydrogens is 312 g/mol. The molecule has 2 amide bonds. The van der Waals surface area contributed by atoms with Crippen LogP contribution in [0.15, 0.2) is 42.5 Å². The van der Waals surface area contributed by atoms with Gasteiger partial charge in [0.15, 0.2) is 0 Å². The number of carbonyl (C=O) groups is 2. The Kier molecular flexibility index (Phi) is 5.97. The predicted molar refractivity (Wildman–Crippen MR) is 102 cm³/mol. The molecule has 0 saturated carbocycles. The van der Waals surface area contributed by atoms with Crippen molar-refractivity contribution in [1.82, 2.24) is 5.32 Å². The van der Waals surface area contributed by atoms with Crippen LogP contribution in [-0.4, -0.2) is 17.9 Å². The lowest BCUT2D eigenvalue weighted by Crippen LogP contribution is -2.47. The van der Waals surface area contributed by atoms with Crippen LogP contribution in [0.1, 0.15) is 40.9 Å². The Morgan fingerprint density at radius 2 is 1.56 bits per heavy atom. The Hall–Kier alpha value is -2.62. The molecule has 0 spiro atoms. The van der Waals surface area contributed by atoms with Crippen molar-refractivity contribution in [2.75, 3.05) is 5.32 Å². The first-order valence-electron chi connectivity index (χ1n) is 8.54. The smallest absolute Gasteiger partial charge is 0.251 e. The third kappa shape index (κ3) is 4.69. The largest absolute Gasteiger partial charge is 0.340 e. The first-order valence-corrected chi connectivity index (χ1v) is 8.54. The molecule has 0 aliphatic rings. The van der Waals surface area contributed by atoms with Crippen LogP contribution in [0, 0.1) is 26.7 Å². The summed E-state index contributed by atoms with van der Waals surface area (Å²) in [6.07, 6.45) is 0. The van der Waals surface area contributed by atoms with Crippen molar-refractivity contribution in [2.24, 2.45) is 5.92 Å². The average molecular weight is 338 g/mol. The normalized spacial score (nSPS) is 11.9. The standard InChI is InChI=1S/C21H26N2O2/c1-13(2)19(23-20(24)17-11-9-14(3)10-12-17)21(25)22-18-8-6-7-15(4)16(18)5/h6-13,19H,1-5H3,(H,22,25)(H,23,24). The van der Waals surface area contributed by atoms with E-state index in [1.807, 2.05) is 65.0 Å². The van der Waals surface area contributed by atoms with Crippen molar-refractivity contribution in [3.8, 4) is 0 Å². The van der Waals surface area contributed by atoms with Crippen molar-refractivity contribution in [3.05, 3.63) is 64.7 Å². The van der Waals surface area contributed by atoms with E-state index < -0.39 is 6.04 Å². The van der Waals surface area contributed by atoms with Crippen LogP contribution in [0.3, 0.4) is 0 Å². The monoisotopic (exact) mass is 338 g/mol. The molecule has 2 aromatic rings. The second-order valence-corrected chi connectivity index (χ2v) is 6.80. The van der Waals surface area contributed by atoms with Crippen molar-refractivity contribution in [2.45, 2.75) is 40.7 Å². The third-order valence-corrected chi connectivity index (χ3v) is 4.41. The fourth-order valence-electron chi connectivity index (χ4n) is 2.56. The highest BCUT2D eigenvalue weighted by atomic mass is 16.2. The first kappa shape index (κ1) is 18.7. The van der Waals surface area contributed by atoms with Gasteiger partial charge in [-0.1, -0.05) is 43.7 Å². The van der Waals surface area contributed by atoms with Crippen LogP contribution in [0.25, 0.3) is 0 Å². The molecule has 0 aliphatic heterocycles. The summed E-state index contributed by atoms with van der Waals surface area (Å²) < 4.78 is 0. The van der Waals surface area contributed by atoms with E-state index in [-0.39, 0.29) is 17.7 Å².